The lowest BCUT2D eigenvalue weighted by Crippen LogP contribution is -2.40. The number of hydrogen-bond acceptors (Lipinski definition) is 5. The van der Waals surface area contributed by atoms with E-state index in [-0.39, 0.29) is 11.7 Å². The van der Waals surface area contributed by atoms with E-state index in [1.54, 1.807) is 12.5 Å². The highest BCUT2D eigenvalue weighted by atomic mass is 16.3. The summed E-state index contributed by atoms with van der Waals surface area (Å²) in [5, 5.41) is 0. The normalized spacial score (nSPS) is 27.2. The van der Waals surface area contributed by atoms with Crippen LogP contribution in [0.3, 0.4) is 0 Å². The van der Waals surface area contributed by atoms with E-state index in [1.165, 1.54) is 6.42 Å². The predicted molar refractivity (Wildman–Crippen MR) is 91.3 cm³/mol. The Hall–Kier alpha value is -2.17. The van der Waals surface area contributed by atoms with Gasteiger partial charge >= 0.3 is 0 Å². The van der Waals surface area contributed by atoms with E-state index in [0.717, 1.165) is 36.9 Å². The first kappa shape index (κ1) is 15.4. The highest BCUT2D eigenvalue weighted by Gasteiger charge is 2.31. The van der Waals surface area contributed by atoms with Gasteiger partial charge < -0.3 is 9.32 Å². The van der Waals surface area contributed by atoms with Crippen LogP contribution in [0.1, 0.15) is 54.4 Å². The molecule has 0 bridgehead atoms. The zero-order chi connectivity index (χ0) is 16.7. The van der Waals surface area contributed by atoms with Gasteiger partial charge in [0.15, 0.2) is 5.78 Å². The van der Waals surface area contributed by atoms with Gasteiger partial charge in [-0.2, -0.15) is 0 Å². The van der Waals surface area contributed by atoms with Gasteiger partial charge in [-0.25, -0.2) is 9.97 Å². The van der Waals surface area contributed by atoms with Crippen LogP contribution < -0.4 is 4.90 Å². The smallest absolute Gasteiger partial charge is 0.225 e. The van der Waals surface area contributed by atoms with Crippen molar-refractivity contribution in [1.82, 2.24) is 9.97 Å². The van der Waals surface area contributed by atoms with Crippen molar-refractivity contribution in [1.29, 1.82) is 0 Å². The third kappa shape index (κ3) is 2.83. The highest BCUT2D eigenvalue weighted by molar-refractivity contribution is 5.98. The Morgan fingerprint density at radius 2 is 2.00 bits per heavy atom. The van der Waals surface area contributed by atoms with Crippen LogP contribution in [0.15, 0.2) is 29.0 Å². The molecule has 5 nitrogen and oxygen atoms in total. The molecule has 5 heteroatoms. The Balaban J connectivity index is 1.62. The van der Waals surface area contributed by atoms with Crippen molar-refractivity contribution in [2.75, 3.05) is 18.0 Å². The topological polar surface area (TPSA) is 59.2 Å². The summed E-state index contributed by atoms with van der Waals surface area (Å²) in [6, 6.07) is 3.82. The number of carbonyl (C=O) groups excluding carboxylic acids is 1. The minimum Gasteiger partial charge on any atom is -0.469 e. The van der Waals surface area contributed by atoms with Gasteiger partial charge in [0.2, 0.25) is 5.95 Å². The molecule has 1 aliphatic heterocycles. The number of ketones is 1. The summed E-state index contributed by atoms with van der Waals surface area (Å²) in [6.45, 7) is 6.52. The molecular weight excluding hydrogens is 302 g/mol. The number of Topliss-reactive ketones (excluding diaryl/α,β-unsaturated/α-hetero) is 1. The van der Waals surface area contributed by atoms with Crippen molar-refractivity contribution in [3.05, 3.63) is 41.6 Å². The molecular formula is C19H23N3O2. The zero-order valence-electron chi connectivity index (χ0n) is 14.2. The minimum atomic E-state index is 0.0851. The van der Waals surface area contributed by atoms with Gasteiger partial charge in [0.1, 0.15) is 5.76 Å². The second kappa shape index (κ2) is 6.04. The summed E-state index contributed by atoms with van der Waals surface area (Å²) in [5.41, 5.74) is 1.54. The zero-order valence-corrected chi connectivity index (χ0v) is 14.2. The van der Waals surface area contributed by atoms with Crippen LogP contribution in [-0.2, 0) is 6.42 Å². The Bertz CT molecular complexity index is 731. The highest BCUT2D eigenvalue weighted by Crippen LogP contribution is 2.33. The van der Waals surface area contributed by atoms with Gasteiger partial charge in [-0.15, -0.1) is 0 Å². The largest absolute Gasteiger partial charge is 0.469 e. The first-order valence-corrected chi connectivity index (χ1v) is 8.77. The molecule has 0 aromatic carbocycles. The van der Waals surface area contributed by atoms with Gasteiger partial charge in [-0.05, 0) is 30.4 Å². The summed E-state index contributed by atoms with van der Waals surface area (Å²) in [7, 11) is 0. The summed E-state index contributed by atoms with van der Waals surface area (Å²) >= 11 is 0. The lowest BCUT2D eigenvalue weighted by Gasteiger charge is -2.35. The van der Waals surface area contributed by atoms with Gasteiger partial charge in [-0.3, -0.25) is 4.79 Å². The van der Waals surface area contributed by atoms with E-state index in [1.807, 2.05) is 12.1 Å². The molecule has 24 heavy (non-hydrogen) atoms. The number of piperidine rings is 1. The lowest BCUT2D eigenvalue weighted by molar-refractivity contribution is 0.0958. The standard InChI is InChI=1S/C19H23N3O2/c1-12-6-13(2)11-22(10-12)19-20-9-15-16(21-19)7-14(8-17(15)23)18-4-3-5-24-18/h3-5,9,12-14H,6-8,10-11H2,1-2H3/t12-,13-,14-/m1/s1. The van der Waals surface area contributed by atoms with Crippen molar-refractivity contribution in [3.63, 3.8) is 0 Å². The molecule has 1 aliphatic carbocycles. The van der Waals surface area contributed by atoms with Crippen molar-refractivity contribution in [3.8, 4) is 0 Å². The van der Waals surface area contributed by atoms with Gasteiger partial charge in [0.05, 0.1) is 17.5 Å². The van der Waals surface area contributed by atoms with Crippen molar-refractivity contribution in [2.45, 2.75) is 39.0 Å². The van der Waals surface area contributed by atoms with E-state index in [2.05, 4.69) is 23.7 Å². The number of aromatic nitrogens is 2. The molecule has 1 saturated heterocycles. The van der Waals surface area contributed by atoms with Crippen LogP contribution in [0.25, 0.3) is 0 Å². The second-order valence-corrected chi connectivity index (χ2v) is 7.43. The van der Waals surface area contributed by atoms with Crippen LogP contribution in [0.2, 0.25) is 0 Å². The first-order valence-electron chi connectivity index (χ1n) is 8.77. The molecule has 4 rings (SSSR count). The minimum absolute atomic E-state index is 0.0851. The monoisotopic (exact) mass is 325 g/mol. The van der Waals surface area contributed by atoms with Gasteiger partial charge in [0.25, 0.3) is 0 Å². The number of furan rings is 1. The van der Waals surface area contributed by atoms with Crippen molar-refractivity contribution in [2.24, 2.45) is 11.8 Å². The Kier molecular flexibility index (Phi) is 3.87. The number of fused-ring (bicyclic) bond motifs is 1. The third-order valence-electron chi connectivity index (χ3n) is 5.12. The number of rotatable bonds is 2. The maximum absolute atomic E-state index is 12.4. The number of nitrogens with zero attached hydrogens (tertiary/aromatic N) is 3. The van der Waals surface area contributed by atoms with E-state index < -0.39 is 0 Å². The molecule has 3 atom stereocenters. The molecule has 2 aromatic rings. The summed E-state index contributed by atoms with van der Waals surface area (Å²) in [4.78, 5) is 24.0. The van der Waals surface area contributed by atoms with Gasteiger partial charge in [-0.1, -0.05) is 13.8 Å². The second-order valence-electron chi connectivity index (χ2n) is 7.43. The molecule has 0 saturated carbocycles. The number of carbonyl (C=O) groups is 1. The molecule has 0 radical (unpaired) electrons. The van der Waals surface area contributed by atoms with Crippen LogP contribution >= 0.6 is 0 Å². The molecule has 126 valence electrons. The lowest BCUT2D eigenvalue weighted by atomic mass is 9.85. The van der Waals surface area contributed by atoms with E-state index in [4.69, 9.17) is 9.40 Å². The third-order valence-corrected chi connectivity index (χ3v) is 5.12. The fraction of sp³-hybridized carbons (Fsp3) is 0.526. The molecule has 2 aliphatic rings. The molecule has 0 unspecified atom stereocenters. The van der Waals surface area contributed by atoms with Crippen molar-refractivity contribution < 1.29 is 9.21 Å². The average molecular weight is 325 g/mol. The fourth-order valence-corrected chi connectivity index (χ4v) is 4.14. The predicted octanol–water partition coefficient (Wildman–Crippen LogP) is 3.46. The maximum atomic E-state index is 12.4. The van der Waals surface area contributed by atoms with Crippen LogP contribution in [0, 0.1) is 11.8 Å². The average Bonchev–Trinajstić information content (AvgIpc) is 3.08. The molecule has 2 aromatic heterocycles. The van der Waals surface area contributed by atoms with Crippen LogP contribution in [0.5, 0.6) is 0 Å². The fourth-order valence-electron chi connectivity index (χ4n) is 4.14. The molecule has 0 N–H and O–H groups in total. The van der Waals surface area contributed by atoms with E-state index in [9.17, 15) is 4.79 Å². The van der Waals surface area contributed by atoms with Crippen LogP contribution in [0.4, 0.5) is 5.95 Å². The number of hydrogen-bond donors (Lipinski definition) is 0. The molecule has 3 heterocycles. The first-order chi connectivity index (χ1) is 11.6. The maximum Gasteiger partial charge on any atom is 0.225 e. The van der Waals surface area contributed by atoms with Crippen molar-refractivity contribution >= 4 is 11.7 Å². The summed E-state index contributed by atoms with van der Waals surface area (Å²) < 4.78 is 5.50. The summed E-state index contributed by atoms with van der Waals surface area (Å²) in [6.07, 6.45) is 5.85. The summed E-state index contributed by atoms with van der Waals surface area (Å²) in [5.74, 6) is 3.12. The Labute approximate surface area is 142 Å². The quantitative estimate of drug-likeness (QED) is 0.846. The number of anilines is 1. The molecule has 0 amide bonds. The van der Waals surface area contributed by atoms with E-state index >= 15 is 0 Å². The SMILES string of the molecule is C[C@@H]1C[C@@H](C)CN(c2ncc3c(n2)C[C@@H](c2ccco2)CC3=O)C1. The van der Waals surface area contributed by atoms with E-state index in [0.29, 0.717) is 23.8 Å². The van der Waals surface area contributed by atoms with Crippen LogP contribution in [-0.4, -0.2) is 28.8 Å². The molecule has 1 fully saturated rings. The van der Waals surface area contributed by atoms with Gasteiger partial charge in [0, 0.05) is 38.0 Å². The Morgan fingerprint density at radius 3 is 2.71 bits per heavy atom. The molecule has 0 spiro atoms. The Morgan fingerprint density at radius 1 is 1.21 bits per heavy atom.